The first-order chi connectivity index (χ1) is 15.3. The van der Waals surface area contributed by atoms with E-state index in [1.54, 1.807) is 0 Å². The number of para-hydroxylation sites is 1. The Morgan fingerprint density at radius 2 is 1.71 bits per heavy atom. The second-order valence-corrected chi connectivity index (χ2v) is 7.83. The van der Waals surface area contributed by atoms with Crippen LogP contribution in [0.25, 0.3) is 22.3 Å². The van der Waals surface area contributed by atoms with Crippen molar-refractivity contribution in [1.29, 1.82) is 0 Å². The number of hydrogen-bond acceptors (Lipinski definition) is 4. The third-order valence-electron chi connectivity index (χ3n) is 5.91. The molecule has 1 aliphatic rings. The van der Waals surface area contributed by atoms with Crippen molar-refractivity contribution in [2.45, 2.75) is 12.8 Å². The highest BCUT2D eigenvalue weighted by Crippen LogP contribution is 2.21. The first kappa shape index (κ1) is 19.3. The molecule has 0 spiro atoms. The van der Waals surface area contributed by atoms with E-state index in [2.05, 4.69) is 27.0 Å². The molecule has 1 N–H and O–H groups in total. The summed E-state index contributed by atoms with van der Waals surface area (Å²) in [6.07, 6.45) is 5.13. The topological polar surface area (TPSA) is 65.1 Å². The lowest BCUT2D eigenvalue weighted by atomic mass is 10.1. The highest BCUT2D eigenvalue weighted by molar-refractivity contribution is 5.84. The molecule has 6 nitrogen and oxygen atoms in total. The zero-order chi connectivity index (χ0) is 21.0. The van der Waals surface area contributed by atoms with Gasteiger partial charge in [0.1, 0.15) is 5.82 Å². The maximum atomic E-state index is 12.8. The zero-order valence-electron chi connectivity index (χ0n) is 17.4. The standard InChI is InChI=1S/C25H25N5O/c31-24(11-10-20-18-27-22-9-5-4-8-21(20)22)30-16-14-29(15-17-30)23-12-13-26-25(28-23)19-6-2-1-3-7-19/h1-9,12-13,18,27H,10-11,14-17H2. The number of hydrogen-bond donors (Lipinski definition) is 1. The molecule has 1 fully saturated rings. The molecular weight excluding hydrogens is 386 g/mol. The van der Waals surface area contributed by atoms with E-state index in [1.807, 2.05) is 65.8 Å². The second kappa shape index (κ2) is 8.60. The van der Waals surface area contributed by atoms with Crippen LogP contribution < -0.4 is 4.90 Å². The number of aromatic amines is 1. The number of fused-ring (bicyclic) bond motifs is 1. The van der Waals surface area contributed by atoms with Crippen LogP contribution in [0, 0.1) is 0 Å². The van der Waals surface area contributed by atoms with E-state index in [0.717, 1.165) is 55.3 Å². The number of nitrogens with one attached hydrogen (secondary N) is 1. The van der Waals surface area contributed by atoms with Crippen LogP contribution in [0.5, 0.6) is 0 Å². The molecule has 0 unspecified atom stereocenters. The maximum Gasteiger partial charge on any atom is 0.223 e. The smallest absolute Gasteiger partial charge is 0.223 e. The first-order valence-electron chi connectivity index (χ1n) is 10.7. The summed E-state index contributed by atoms with van der Waals surface area (Å²) in [5, 5.41) is 1.21. The van der Waals surface area contributed by atoms with E-state index in [-0.39, 0.29) is 5.91 Å². The number of benzene rings is 2. The molecule has 1 aliphatic heterocycles. The summed E-state index contributed by atoms with van der Waals surface area (Å²) in [6, 6.07) is 20.2. The average molecular weight is 412 g/mol. The van der Waals surface area contributed by atoms with Crippen LogP contribution in [-0.2, 0) is 11.2 Å². The van der Waals surface area contributed by atoms with E-state index >= 15 is 0 Å². The van der Waals surface area contributed by atoms with Gasteiger partial charge in [0.2, 0.25) is 5.91 Å². The van der Waals surface area contributed by atoms with E-state index in [0.29, 0.717) is 6.42 Å². The number of H-pyrrole nitrogens is 1. The molecule has 0 radical (unpaired) electrons. The van der Waals surface area contributed by atoms with Crippen LogP contribution >= 0.6 is 0 Å². The van der Waals surface area contributed by atoms with E-state index in [9.17, 15) is 4.79 Å². The lowest BCUT2D eigenvalue weighted by Gasteiger charge is -2.35. The predicted octanol–water partition coefficient (Wildman–Crippen LogP) is 3.91. The molecule has 1 amide bonds. The monoisotopic (exact) mass is 411 g/mol. The van der Waals surface area contributed by atoms with Crippen molar-refractivity contribution >= 4 is 22.6 Å². The van der Waals surface area contributed by atoms with Crippen molar-refractivity contribution in [2.24, 2.45) is 0 Å². The molecular formula is C25H25N5O. The molecule has 0 bridgehead atoms. The Morgan fingerprint density at radius 1 is 0.935 bits per heavy atom. The fourth-order valence-corrected chi connectivity index (χ4v) is 4.17. The molecule has 6 heteroatoms. The van der Waals surface area contributed by atoms with Gasteiger partial charge in [-0.3, -0.25) is 4.79 Å². The predicted molar refractivity (Wildman–Crippen MR) is 123 cm³/mol. The van der Waals surface area contributed by atoms with Crippen molar-refractivity contribution in [3.8, 4) is 11.4 Å². The Morgan fingerprint density at radius 3 is 2.55 bits per heavy atom. The van der Waals surface area contributed by atoms with Gasteiger partial charge in [0, 0.05) is 61.5 Å². The lowest BCUT2D eigenvalue weighted by molar-refractivity contribution is -0.131. The summed E-state index contributed by atoms with van der Waals surface area (Å²) in [5.74, 6) is 1.87. The quantitative estimate of drug-likeness (QED) is 0.541. The maximum absolute atomic E-state index is 12.8. The van der Waals surface area contributed by atoms with Crippen LogP contribution in [0.3, 0.4) is 0 Å². The lowest BCUT2D eigenvalue weighted by Crippen LogP contribution is -2.49. The van der Waals surface area contributed by atoms with Gasteiger partial charge in [-0.1, -0.05) is 48.5 Å². The minimum atomic E-state index is 0.220. The minimum absolute atomic E-state index is 0.220. The molecule has 3 heterocycles. The largest absolute Gasteiger partial charge is 0.361 e. The van der Waals surface area contributed by atoms with Crippen molar-refractivity contribution in [3.63, 3.8) is 0 Å². The van der Waals surface area contributed by atoms with E-state index in [1.165, 1.54) is 10.9 Å². The number of amides is 1. The van der Waals surface area contributed by atoms with Crippen molar-refractivity contribution in [2.75, 3.05) is 31.1 Å². The fourth-order valence-electron chi connectivity index (χ4n) is 4.17. The molecule has 2 aromatic carbocycles. The van der Waals surface area contributed by atoms with Crippen LogP contribution in [0.2, 0.25) is 0 Å². The van der Waals surface area contributed by atoms with Gasteiger partial charge >= 0.3 is 0 Å². The van der Waals surface area contributed by atoms with Gasteiger partial charge in [-0.15, -0.1) is 0 Å². The average Bonchev–Trinajstić information content (AvgIpc) is 3.26. The molecule has 5 rings (SSSR count). The normalized spacial score (nSPS) is 14.2. The number of piperazine rings is 1. The highest BCUT2D eigenvalue weighted by atomic mass is 16.2. The molecule has 2 aromatic heterocycles. The van der Waals surface area contributed by atoms with Crippen molar-refractivity contribution < 1.29 is 4.79 Å². The summed E-state index contributed by atoms with van der Waals surface area (Å²) >= 11 is 0. The molecule has 31 heavy (non-hydrogen) atoms. The fraction of sp³-hybridized carbons (Fsp3) is 0.240. The Labute approximate surface area is 181 Å². The number of carbonyl (C=O) groups is 1. The highest BCUT2D eigenvalue weighted by Gasteiger charge is 2.22. The Kier molecular flexibility index (Phi) is 5.35. The van der Waals surface area contributed by atoms with Crippen molar-refractivity contribution in [1.82, 2.24) is 19.9 Å². The Hall–Kier alpha value is -3.67. The van der Waals surface area contributed by atoms with E-state index < -0.39 is 0 Å². The number of aromatic nitrogens is 3. The van der Waals surface area contributed by atoms with Gasteiger partial charge in [-0.2, -0.15) is 0 Å². The Bertz CT molecular complexity index is 1180. The summed E-state index contributed by atoms with van der Waals surface area (Å²) < 4.78 is 0. The third-order valence-corrected chi connectivity index (χ3v) is 5.91. The Balaban J connectivity index is 1.18. The molecule has 0 aliphatic carbocycles. The number of rotatable bonds is 5. The van der Waals surface area contributed by atoms with Crippen LogP contribution in [0.4, 0.5) is 5.82 Å². The molecule has 156 valence electrons. The molecule has 0 atom stereocenters. The van der Waals surface area contributed by atoms with Gasteiger partial charge in [-0.05, 0) is 24.1 Å². The van der Waals surface area contributed by atoms with Gasteiger partial charge in [0.15, 0.2) is 5.82 Å². The van der Waals surface area contributed by atoms with Crippen LogP contribution in [-0.4, -0.2) is 51.9 Å². The van der Waals surface area contributed by atoms with Gasteiger partial charge in [-0.25, -0.2) is 9.97 Å². The third kappa shape index (κ3) is 4.14. The van der Waals surface area contributed by atoms with E-state index in [4.69, 9.17) is 4.98 Å². The summed E-state index contributed by atoms with van der Waals surface area (Å²) in [5.41, 5.74) is 3.34. The minimum Gasteiger partial charge on any atom is -0.361 e. The number of aryl methyl sites for hydroxylation is 1. The first-order valence-corrected chi connectivity index (χ1v) is 10.7. The van der Waals surface area contributed by atoms with Gasteiger partial charge in [0.05, 0.1) is 0 Å². The number of nitrogens with zero attached hydrogens (tertiary/aromatic N) is 4. The zero-order valence-corrected chi connectivity index (χ0v) is 17.4. The summed E-state index contributed by atoms with van der Waals surface area (Å²) in [6.45, 7) is 3.00. The van der Waals surface area contributed by atoms with Crippen LogP contribution in [0.15, 0.2) is 73.1 Å². The van der Waals surface area contributed by atoms with Gasteiger partial charge in [0.25, 0.3) is 0 Å². The second-order valence-electron chi connectivity index (χ2n) is 7.83. The number of anilines is 1. The molecule has 1 saturated heterocycles. The van der Waals surface area contributed by atoms with Gasteiger partial charge < -0.3 is 14.8 Å². The molecule has 0 saturated carbocycles. The number of carbonyl (C=O) groups excluding carboxylic acids is 1. The van der Waals surface area contributed by atoms with Crippen LogP contribution in [0.1, 0.15) is 12.0 Å². The summed E-state index contributed by atoms with van der Waals surface area (Å²) in [4.78, 5) is 29.4. The molecule has 4 aromatic rings. The SMILES string of the molecule is O=C(CCc1c[nH]c2ccccc12)N1CCN(c2ccnc(-c3ccccc3)n2)CC1. The van der Waals surface area contributed by atoms with Crippen molar-refractivity contribution in [3.05, 3.63) is 78.6 Å². The summed E-state index contributed by atoms with van der Waals surface area (Å²) in [7, 11) is 0.